The predicted octanol–water partition coefficient (Wildman–Crippen LogP) is 1.86. The van der Waals surface area contributed by atoms with Gasteiger partial charge < -0.3 is 10.2 Å². The topological polar surface area (TPSA) is 65.5 Å². The fraction of sp³-hybridized carbons (Fsp3) is 0.500. The number of nitrogens with one attached hydrogen (secondary N) is 1. The van der Waals surface area contributed by atoms with Gasteiger partial charge in [-0.3, -0.25) is 14.5 Å². The quantitative estimate of drug-likeness (QED) is 0.827. The van der Waals surface area contributed by atoms with Crippen LogP contribution in [0.4, 0.5) is 10.1 Å². The number of nitrogens with zero attached hydrogens (tertiary/aromatic N) is 3. The summed E-state index contributed by atoms with van der Waals surface area (Å²) in [5.74, 6) is -0.330. The summed E-state index contributed by atoms with van der Waals surface area (Å²) in [6.45, 7) is 3.29. The van der Waals surface area contributed by atoms with Crippen molar-refractivity contribution in [2.75, 3.05) is 38.0 Å². The van der Waals surface area contributed by atoms with Crippen LogP contribution >= 0.6 is 0 Å². The van der Waals surface area contributed by atoms with E-state index in [2.05, 4.69) is 10.3 Å². The molecule has 0 bridgehead atoms. The summed E-state index contributed by atoms with van der Waals surface area (Å²) in [7, 11) is 0. The number of hydrogen-bond donors (Lipinski definition) is 1. The Bertz CT molecular complexity index is 641. The zero-order valence-corrected chi connectivity index (χ0v) is 14.2. The molecule has 2 saturated heterocycles. The van der Waals surface area contributed by atoms with Crippen molar-refractivity contribution in [3.8, 4) is 0 Å². The molecular weight excluding hydrogens is 323 g/mol. The lowest BCUT2D eigenvalue weighted by Gasteiger charge is -2.14. The molecule has 25 heavy (non-hydrogen) atoms. The maximum Gasteiger partial charge on any atom is 0.272 e. The second-order valence-corrected chi connectivity index (χ2v) is 6.47. The van der Waals surface area contributed by atoms with Crippen molar-refractivity contribution < 1.29 is 14.0 Å². The zero-order chi connectivity index (χ0) is 17.6. The summed E-state index contributed by atoms with van der Waals surface area (Å²) in [5, 5.41) is 2.71. The third kappa shape index (κ3) is 4.85. The number of alkyl halides is 1. The number of carbonyl (C=O) groups excluding carboxylic acids is 2. The Morgan fingerprint density at radius 3 is 2.72 bits per heavy atom. The number of anilines is 1. The van der Waals surface area contributed by atoms with E-state index in [0.29, 0.717) is 30.9 Å². The van der Waals surface area contributed by atoms with Crippen LogP contribution in [0.5, 0.6) is 0 Å². The van der Waals surface area contributed by atoms with E-state index in [0.717, 1.165) is 32.5 Å². The van der Waals surface area contributed by atoms with Gasteiger partial charge in [0.25, 0.3) is 5.91 Å². The number of carbonyl (C=O) groups is 2. The zero-order valence-electron chi connectivity index (χ0n) is 14.2. The monoisotopic (exact) mass is 346 g/mol. The molecule has 2 aliphatic heterocycles. The maximum absolute atomic E-state index is 13.1. The summed E-state index contributed by atoms with van der Waals surface area (Å²) in [6.07, 6.45) is 6.54. The van der Waals surface area contributed by atoms with Gasteiger partial charge in [-0.2, -0.15) is 0 Å². The van der Waals surface area contributed by atoms with Crippen LogP contribution in [-0.2, 0) is 4.79 Å². The van der Waals surface area contributed by atoms with Crippen LogP contribution in [0.3, 0.4) is 0 Å². The molecule has 0 unspecified atom stereocenters. The second kappa shape index (κ2) is 8.20. The van der Waals surface area contributed by atoms with E-state index in [1.54, 1.807) is 23.1 Å². The smallest absolute Gasteiger partial charge is 0.272 e. The summed E-state index contributed by atoms with van der Waals surface area (Å²) < 4.78 is 13.1. The normalized spacial score (nSPS) is 21.2. The number of likely N-dealkylation sites (tertiary alicyclic amines) is 2. The van der Waals surface area contributed by atoms with Crippen LogP contribution in [-0.4, -0.2) is 65.5 Å². The van der Waals surface area contributed by atoms with Crippen LogP contribution in [0.2, 0.25) is 0 Å². The van der Waals surface area contributed by atoms with Gasteiger partial charge >= 0.3 is 0 Å². The lowest BCUT2D eigenvalue weighted by Crippen LogP contribution is -2.28. The lowest BCUT2D eigenvalue weighted by molar-refractivity contribution is -0.111. The van der Waals surface area contributed by atoms with Crippen molar-refractivity contribution in [2.45, 2.75) is 25.4 Å². The van der Waals surface area contributed by atoms with Gasteiger partial charge in [-0.15, -0.1) is 0 Å². The molecule has 1 aromatic heterocycles. The highest BCUT2D eigenvalue weighted by Crippen LogP contribution is 2.14. The van der Waals surface area contributed by atoms with E-state index < -0.39 is 6.17 Å². The van der Waals surface area contributed by atoms with E-state index in [4.69, 9.17) is 0 Å². The lowest BCUT2D eigenvalue weighted by atomic mass is 10.3. The molecule has 0 radical (unpaired) electrons. The molecule has 1 aromatic rings. The first-order valence-corrected chi connectivity index (χ1v) is 8.71. The molecule has 6 nitrogen and oxygen atoms in total. The number of rotatable bonds is 5. The standard InChI is InChI=1S/C18H23FN4O2/c19-14-7-11-22(13-14)8-3-4-17(24)21-15-5-6-16(20-12-15)18(25)23-9-1-2-10-23/h3-6,12,14H,1-2,7-11,13H2,(H,21,24)/b4-3+/t14-/m0/s1. The first kappa shape index (κ1) is 17.5. The molecule has 3 heterocycles. The molecule has 134 valence electrons. The Labute approximate surface area is 146 Å². The Morgan fingerprint density at radius 1 is 1.28 bits per heavy atom. The Balaban J connectivity index is 1.47. The van der Waals surface area contributed by atoms with Crippen LogP contribution < -0.4 is 5.32 Å². The summed E-state index contributed by atoms with van der Waals surface area (Å²) in [4.78, 5) is 32.0. The van der Waals surface area contributed by atoms with E-state index in [1.807, 2.05) is 4.90 Å². The molecule has 0 aromatic carbocycles. The second-order valence-electron chi connectivity index (χ2n) is 6.47. The number of halogens is 1. The third-order valence-corrected chi connectivity index (χ3v) is 4.49. The van der Waals surface area contributed by atoms with E-state index in [9.17, 15) is 14.0 Å². The average molecular weight is 346 g/mol. The van der Waals surface area contributed by atoms with Gasteiger partial charge in [0, 0.05) is 38.8 Å². The fourth-order valence-corrected chi connectivity index (χ4v) is 3.12. The molecule has 1 N–H and O–H groups in total. The van der Waals surface area contributed by atoms with Crippen molar-refractivity contribution in [3.63, 3.8) is 0 Å². The maximum atomic E-state index is 13.1. The predicted molar refractivity (Wildman–Crippen MR) is 93.1 cm³/mol. The number of amides is 2. The molecule has 0 spiro atoms. The Kier molecular flexibility index (Phi) is 5.75. The average Bonchev–Trinajstić information content (AvgIpc) is 3.27. The number of pyridine rings is 1. The van der Waals surface area contributed by atoms with Crippen LogP contribution in [0.15, 0.2) is 30.5 Å². The van der Waals surface area contributed by atoms with Crippen molar-refractivity contribution in [1.29, 1.82) is 0 Å². The number of hydrogen-bond acceptors (Lipinski definition) is 4. The highest BCUT2D eigenvalue weighted by molar-refractivity contribution is 5.99. The molecule has 2 fully saturated rings. The minimum atomic E-state index is -0.755. The highest BCUT2D eigenvalue weighted by Gasteiger charge is 2.21. The molecule has 2 aliphatic rings. The van der Waals surface area contributed by atoms with E-state index >= 15 is 0 Å². The van der Waals surface area contributed by atoms with Crippen LogP contribution in [0, 0.1) is 0 Å². The molecule has 2 amide bonds. The van der Waals surface area contributed by atoms with Gasteiger partial charge in [0.05, 0.1) is 11.9 Å². The largest absolute Gasteiger partial charge is 0.337 e. The van der Waals surface area contributed by atoms with E-state index in [1.165, 1.54) is 12.3 Å². The third-order valence-electron chi connectivity index (χ3n) is 4.49. The Morgan fingerprint density at radius 2 is 2.08 bits per heavy atom. The first-order chi connectivity index (χ1) is 12.1. The van der Waals surface area contributed by atoms with Gasteiger partial charge in [-0.05, 0) is 31.4 Å². The molecule has 1 atom stereocenters. The van der Waals surface area contributed by atoms with Crippen molar-refractivity contribution in [3.05, 3.63) is 36.2 Å². The molecule has 0 saturated carbocycles. The van der Waals surface area contributed by atoms with Crippen LogP contribution in [0.25, 0.3) is 0 Å². The van der Waals surface area contributed by atoms with Gasteiger partial charge in [-0.25, -0.2) is 9.37 Å². The minimum Gasteiger partial charge on any atom is -0.337 e. The van der Waals surface area contributed by atoms with Gasteiger partial charge in [0.15, 0.2) is 0 Å². The summed E-state index contributed by atoms with van der Waals surface area (Å²) >= 11 is 0. The van der Waals surface area contributed by atoms with Crippen molar-refractivity contribution >= 4 is 17.5 Å². The highest BCUT2D eigenvalue weighted by atomic mass is 19.1. The fourth-order valence-electron chi connectivity index (χ4n) is 3.12. The molecule has 0 aliphatic carbocycles. The minimum absolute atomic E-state index is 0.0629. The van der Waals surface area contributed by atoms with Gasteiger partial charge in [0.2, 0.25) is 5.91 Å². The Hall–Kier alpha value is -2.28. The molecule has 3 rings (SSSR count). The van der Waals surface area contributed by atoms with Crippen molar-refractivity contribution in [2.24, 2.45) is 0 Å². The first-order valence-electron chi connectivity index (χ1n) is 8.71. The molecular formula is C18H23FN4O2. The van der Waals surface area contributed by atoms with Gasteiger partial charge in [0.1, 0.15) is 11.9 Å². The van der Waals surface area contributed by atoms with Gasteiger partial charge in [-0.1, -0.05) is 6.08 Å². The summed E-state index contributed by atoms with van der Waals surface area (Å²) in [6, 6.07) is 3.31. The SMILES string of the molecule is O=C(/C=C/CN1CC[C@H](F)C1)Nc1ccc(C(=O)N2CCCC2)nc1. The number of aromatic nitrogens is 1. The van der Waals surface area contributed by atoms with E-state index in [-0.39, 0.29) is 11.8 Å². The van der Waals surface area contributed by atoms with Crippen LogP contribution in [0.1, 0.15) is 29.8 Å². The summed E-state index contributed by atoms with van der Waals surface area (Å²) in [5.41, 5.74) is 0.933. The van der Waals surface area contributed by atoms with Crippen molar-refractivity contribution in [1.82, 2.24) is 14.8 Å². The molecule has 7 heteroatoms.